The molecule has 1 N–H and O–H groups in total. The van der Waals surface area contributed by atoms with Crippen LogP contribution in [-0.4, -0.2) is 34.2 Å². The minimum atomic E-state index is -0.553. The number of ether oxygens (including phenoxy) is 1. The van der Waals surface area contributed by atoms with Gasteiger partial charge in [-0.3, -0.25) is 10.1 Å². The maximum Gasteiger partial charge on any atom is 0.253 e. The van der Waals surface area contributed by atoms with E-state index in [2.05, 4.69) is 25.3 Å². The van der Waals surface area contributed by atoms with Crippen molar-refractivity contribution in [2.24, 2.45) is 15.9 Å². The van der Waals surface area contributed by atoms with Crippen LogP contribution in [0.3, 0.4) is 0 Å². The summed E-state index contributed by atoms with van der Waals surface area (Å²) in [5, 5.41) is 12.3. The van der Waals surface area contributed by atoms with Crippen LogP contribution in [0.4, 0.5) is 5.95 Å². The van der Waals surface area contributed by atoms with Crippen molar-refractivity contribution >= 4 is 34.4 Å². The van der Waals surface area contributed by atoms with E-state index in [9.17, 15) is 4.79 Å². The molecule has 1 unspecified atom stereocenters. The molecule has 0 saturated heterocycles. The number of para-hydroxylation sites is 1. The largest absolute Gasteiger partial charge is 0.492 e. The molecule has 1 aromatic carbocycles. The lowest BCUT2D eigenvalue weighted by molar-refractivity contribution is -0.121. The lowest BCUT2D eigenvalue weighted by atomic mass is 9.99. The number of benzene rings is 1. The number of nitriles is 1. The number of carbonyl (C=O) groups excluding carboxylic acids is 1. The predicted molar refractivity (Wildman–Crippen MR) is 97.5 cm³/mol. The fourth-order valence-electron chi connectivity index (χ4n) is 2.73. The molecule has 0 aliphatic carbocycles. The molecule has 132 valence electrons. The fraction of sp³-hybridized carbons (Fsp3) is 0.333. The van der Waals surface area contributed by atoms with Crippen molar-refractivity contribution in [2.75, 3.05) is 6.61 Å². The number of amides is 1. The number of aliphatic imine (C=N–C) groups is 2. The van der Waals surface area contributed by atoms with Crippen LogP contribution < -0.4 is 10.1 Å². The zero-order valence-corrected chi connectivity index (χ0v) is 14.8. The van der Waals surface area contributed by atoms with E-state index >= 15 is 0 Å². The van der Waals surface area contributed by atoms with Gasteiger partial charge in [-0.25, -0.2) is 15.0 Å². The molecule has 8 nitrogen and oxygen atoms in total. The molecule has 1 aromatic heterocycles. The van der Waals surface area contributed by atoms with E-state index in [1.807, 2.05) is 38.1 Å². The summed E-state index contributed by atoms with van der Waals surface area (Å²) in [6.45, 7) is 5.99. The van der Waals surface area contributed by atoms with Crippen LogP contribution in [0.25, 0.3) is 10.9 Å². The fourth-order valence-corrected chi connectivity index (χ4v) is 2.73. The number of hydrogen-bond acceptors (Lipinski definition) is 6. The molecule has 8 heteroatoms. The topological polar surface area (TPSA) is 113 Å². The number of nitrogens with one attached hydrogen (secondary N) is 1. The third-order valence-electron chi connectivity index (χ3n) is 4.01. The van der Waals surface area contributed by atoms with E-state index in [0.717, 1.165) is 11.1 Å². The average Bonchev–Trinajstić information content (AvgIpc) is 2.59. The lowest BCUT2D eigenvalue weighted by Crippen LogP contribution is -2.42. The first-order valence-corrected chi connectivity index (χ1v) is 8.25. The van der Waals surface area contributed by atoms with Crippen LogP contribution in [0.1, 0.15) is 26.0 Å². The molecule has 3 rings (SSSR count). The Hall–Kier alpha value is -3.34. The van der Waals surface area contributed by atoms with Crippen molar-refractivity contribution in [3.8, 4) is 11.8 Å². The van der Waals surface area contributed by atoms with Gasteiger partial charge in [-0.1, -0.05) is 12.1 Å². The summed E-state index contributed by atoms with van der Waals surface area (Å²) in [6.07, 6.45) is 0.0811. The highest BCUT2D eigenvalue weighted by atomic mass is 16.5. The van der Waals surface area contributed by atoms with Gasteiger partial charge in [0, 0.05) is 11.1 Å². The zero-order valence-electron chi connectivity index (χ0n) is 14.8. The molecule has 0 radical (unpaired) electrons. The predicted octanol–water partition coefficient (Wildman–Crippen LogP) is 2.44. The van der Waals surface area contributed by atoms with E-state index in [4.69, 9.17) is 10.00 Å². The van der Waals surface area contributed by atoms with Crippen molar-refractivity contribution in [2.45, 2.75) is 27.2 Å². The Morgan fingerprint density at radius 1 is 1.35 bits per heavy atom. The van der Waals surface area contributed by atoms with Gasteiger partial charge in [0.2, 0.25) is 11.9 Å². The smallest absolute Gasteiger partial charge is 0.253 e. The zero-order chi connectivity index (χ0) is 18.7. The van der Waals surface area contributed by atoms with Crippen molar-refractivity contribution in [1.29, 1.82) is 5.26 Å². The second-order valence-electron chi connectivity index (χ2n) is 5.79. The number of carbonyl (C=O) groups is 1. The van der Waals surface area contributed by atoms with Crippen LogP contribution in [0.5, 0.6) is 5.75 Å². The molecule has 0 bridgehead atoms. The van der Waals surface area contributed by atoms with Gasteiger partial charge in [-0.2, -0.15) is 10.3 Å². The van der Waals surface area contributed by atoms with Crippen molar-refractivity contribution in [3.63, 3.8) is 0 Å². The van der Waals surface area contributed by atoms with Crippen LogP contribution >= 0.6 is 0 Å². The first-order valence-electron chi connectivity index (χ1n) is 8.25. The molecule has 1 aliphatic rings. The van der Waals surface area contributed by atoms with Gasteiger partial charge in [0.05, 0.1) is 30.7 Å². The molecule has 0 saturated carbocycles. The summed E-state index contributed by atoms with van der Waals surface area (Å²) < 4.78 is 5.63. The summed E-state index contributed by atoms with van der Waals surface area (Å²) in [4.78, 5) is 29.5. The molecule has 0 fully saturated rings. The molecular formula is C18H18N6O2. The van der Waals surface area contributed by atoms with Crippen LogP contribution in [0.2, 0.25) is 0 Å². The Labute approximate surface area is 150 Å². The van der Waals surface area contributed by atoms with E-state index in [-0.39, 0.29) is 24.2 Å². The minimum Gasteiger partial charge on any atom is -0.492 e. The first-order chi connectivity index (χ1) is 12.5. The maximum absolute atomic E-state index is 12.1. The van der Waals surface area contributed by atoms with Gasteiger partial charge in [-0.15, -0.1) is 0 Å². The normalized spacial score (nSPS) is 18.4. The van der Waals surface area contributed by atoms with E-state index in [0.29, 0.717) is 23.6 Å². The third kappa shape index (κ3) is 3.37. The first kappa shape index (κ1) is 17.5. The van der Waals surface area contributed by atoms with E-state index in [1.54, 1.807) is 6.92 Å². The van der Waals surface area contributed by atoms with Gasteiger partial charge in [-0.05, 0) is 26.8 Å². The molecule has 2 aromatic rings. The lowest BCUT2D eigenvalue weighted by Gasteiger charge is -2.19. The molecule has 1 aliphatic heterocycles. The number of guanidine groups is 1. The van der Waals surface area contributed by atoms with Crippen molar-refractivity contribution in [3.05, 3.63) is 23.9 Å². The molecule has 0 spiro atoms. The maximum atomic E-state index is 12.1. The van der Waals surface area contributed by atoms with Crippen molar-refractivity contribution in [1.82, 2.24) is 15.3 Å². The summed E-state index contributed by atoms with van der Waals surface area (Å²) in [7, 11) is 0. The number of rotatable bonds is 4. The molecule has 26 heavy (non-hydrogen) atoms. The number of aryl methyl sites for hydroxylation is 1. The minimum absolute atomic E-state index is 0.0811. The summed E-state index contributed by atoms with van der Waals surface area (Å²) in [6, 6.07) is 7.63. The average molecular weight is 350 g/mol. The highest BCUT2D eigenvalue weighted by molar-refractivity contribution is 6.17. The number of hydrogen-bond donors (Lipinski definition) is 1. The highest BCUT2D eigenvalue weighted by Gasteiger charge is 2.27. The Morgan fingerprint density at radius 3 is 2.85 bits per heavy atom. The van der Waals surface area contributed by atoms with Gasteiger partial charge in [0.25, 0.3) is 5.95 Å². The summed E-state index contributed by atoms with van der Waals surface area (Å²) in [5.74, 6) is 0.105. The Balaban J connectivity index is 2.04. The Kier molecular flexibility index (Phi) is 4.89. The molecule has 2 heterocycles. The Morgan fingerprint density at radius 2 is 2.15 bits per heavy atom. The van der Waals surface area contributed by atoms with Gasteiger partial charge >= 0.3 is 0 Å². The number of fused-ring (bicyclic) bond motifs is 1. The monoisotopic (exact) mass is 350 g/mol. The second kappa shape index (κ2) is 7.27. The van der Waals surface area contributed by atoms with Gasteiger partial charge in [0.1, 0.15) is 11.3 Å². The van der Waals surface area contributed by atoms with Crippen LogP contribution in [-0.2, 0) is 4.79 Å². The second-order valence-corrected chi connectivity index (χ2v) is 5.79. The molecule has 1 atom stereocenters. The van der Waals surface area contributed by atoms with Crippen LogP contribution in [0.15, 0.2) is 28.2 Å². The summed E-state index contributed by atoms with van der Waals surface area (Å²) >= 11 is 0. The highest BCUT2D eigenvalue weighted by Crippen LogP contribution is 2.27. The standard InChI is InChI=1S/C18H18N6O2/c1-4-26-14-7-5-6-12-10(2)20-17(22-15(12)14)24-18-21-11(3)13(8-9-19)16(25)23-18/h5-7,13H,4,8H2,1-3H3,(H,20,22,23,24,25). The van der Waals surface area contributed by atoms with Crippen molar-refractivity contribution < 1.29 is 9.53 Å². The third-order valence-corrected chi connectivity index (χ3v) is 4.01. The summed E-state index contributed by atoms with van der Waals surface area (Å²) in [5.41, 5.74) is 1.95. The van der Waals surface area contributed by atoms with E-state index in [1.165, 1.54) is 0 Å². The van der Waals surface area contributed by atoms with E-state index < -0.39 is 5.92 Å². The molecular weight excluding hydrogens is 332 g/mol. The molecule has 1 amide bonds. The van der Waals surface area contributed by atoms with Crippen LogP contribution in [0, 0.1) is 24.2 Å². The van der Waals surface area contributed by atoms with Gasteiger partial charge in [0.15, 0.2) is 0 Å². The SMILES string of the molecule is CCOc1cccc2c(C)nc(/N=C3/N=C(C)C(CC#N)C(=O)N3)nc12. The van der Waals surface area contributed by atoms with Gasteiger partial charge < -0.3 is 4.74 Å². The number of aromatic nitrogens is 2. The quantitative estimate of drug-likeness (QED) is 0.910. The Bertz CT molecular complexity index is 974. The number of nitrogens with zero attached hydrogens (tertiary/aromatic N) is 5.